The van der Waals surface area contributed by atoms with Crippen LogP contribution in [0.2, 0.25) is 0 Å². The van der Waals surface area contributed by atoms with Gasteiger partial charge in [-0.15, -0.1) is 0 Å². The topological polar surface area (TPSA) is 61.2 Å². The van der Waals surface area contributed by atoms with Gasteiger partial charge in [-0.25, -0.2) is 8.42 Å². The Bertz CT molecular complexity index is 600. The quantitative estimate of drug-likeness (QED) is 0.750. The first-order chi connectivity index (χ1) is 8.90. The van der Waals surface area contributed by atoms with Crippen molar-refractivity contribution >= 4 is 10.0 Å². The SMILES string of the molecule is C=C(C)CN(CC)S(=O)(=O)Cc1ccccc1C#N. The van der Waals surface area contributed by atoms with Crippen LogP contribution in [0.1, 0.15) is 25.0 Å². The molecule has 0 aliphatic heterocycles. The van der Waals surface area contributed by atoms with Crippen LogP contribution in [0.5, 0.6) is 0 Å². The molecular weight excluding hydrogens is 260 g/mol. The van der Waals surface area contributed by atoms with E-state index in [0.29, 0.717) is 24.2 Å². The maximum atomic E-state index is 12.3. The van der Waals surface area contributed by atoms with Gasteiger partial charge in [-0.2, -0.15) is 9.57 Å². The number of rotatable bonds is 6. The molecule has 1 aromatic rings. The summed E-state index contributed by atoms with van der Waals surface area (Å²) in [6.07, 6.45) is 0. The summed E-state index contributed by atoms with van der Waals surface area (Å²) < 4.78 is 26.0. The van der Waals surface area contributed by atoms with Crippen LogP contribution in [0.4, 0.5) is 0 Å². The lowest BCUT2D eigenvalue weighted by Gasteiger charge is -2.20. The molecule has 0 fully saturated rings. The molecule has 0 radical (unpaired) electrons. The van der Waals surface area contributed by atoms with Gasteiger partial charge in [0, 0.05) is 13.1 Å². The van der Waals surface area contributed by atoms with Crippen molar-refractivity contribution in [1.82, 2.24) is 4.31 Å². The molecule has 0 atom stereocenters. The van der Waals surface area contributed by atoms with Crippen LogP contribution in [0.3, 0.4) is 0 Å². The summed E-state index contributed by atoms with van der Waals surface area (Å²) in [5.74, 6) is -0.155. The molecule has 0 bridgehead atoms. The van der Waals surface area contributed by atoms with Gasteiger partial charge in [0.1, 0.15) is 0 Å². The van der Waals surface area contributed by atoms with E-state index < -0.39 is 10.0 Å². The van der Waals surface area contributed by atoms with Crippen molar-refractivity contribution in [1.29, 1.82) is 5.26 Å². The van der Waals surface area contributed by atoms with Crippen LogP contribution in [0.25, 0.3) is 0 Å². The number of nitrogens with zero attached hydrogens (tertiary/aromatic N) is 2. The highest BCUT2D eigenvalue weighted by Gasteiger charge is 2.22. The Morgan fingerprint density at radius 1 is 1.42 bits per heavy atom. The van der Waals surface area contributed by atoms with Crippen molar-refractivity contribution in [2.45, 2.75) is 19.6 Å². The third-order valence-electron chi connectivity index (χ3n) is 2.67. The molecule has 19 heavy (non-hydrogen) atoms. The molecule has 0 amide bonds. The van der Waals surface area contributed by atoms with Crippen LogP contribution in [0.15, 0.2) is 36.4 Å². The summed E-state index contributed by atoms with van der Waals surface area (Å²) in [7, 11) is -3.43. The molecule has 1 rings (SSSR count). The fourth-order valence-electron chi connectivity index (χ4n) is 1.75. The largest absolute Gasteiger partial charge is 0.218 e. The first-order valence-corrected chi connectivity index (χ1v) is 7.61. The molecule has 4 nitrogen and oxygen atoms in total. The van der Waals surface area contributed by atoms with E-state index >= 15 is 0 Å². The standard InChI is InChI=1S/C14H18N2O2S/c1-4-16(10-12(2)3)19(17,18)11-14-8-6-5-7-13(14)9-15/h5-8H,2,4,10-11H2,1,3H3. The lowest BCUT2D eigenvalue weighted by atomic mass is 10.1. The fourth-order valence-corrected chi connectivity index (χ4v) is 3.39. The van der Waals surface area contributed by atoms with Crippen LogP contribution < -0.4 is 0 Å². The third kappa shape index (κ3) is 4.19. The summed E-state index contributed by atoms with van der Waals surface area (Å²) >= 11 is 0. The van der Waals surface area contributed by atoms with Gasteiger partial charge in [0.15, 0.2) is 0 Å². The van der Waals surface area contributed by atoms with E-state index in [1.165, 1.54) is 4.31 Å². The molecule has 0 unspecified atom stereocenters. The molecule has 0 aromatic heterocycles. The van der Waals surface area contributed by atoms with Crippen molar-refractivity contribution in [3.63, 3.8) is 0 Å². The Morgan fingerprint density at radius 2 is 2.05 bits per heavy atom. The summed E-state index contributed by atoms with van der Waals surface area (Å²) in [6.45, 7) is 8.03. The van der Waals surface area contributed by atoms with Crippen molar-refractivity contribution in [3.05, 3.63) is 47.5 Å². The summed E-state index contributed by atoms with van der Waals surface area (Å²) in [4.78, 5) is 0. The molecule has 0 heterocycles. The first kappa shape index (κ1) is 15.4. The molecule has 0 spiro atoms. The average Bonchev–Trinajstić information content (AvgIpc) is 2.35. The van der Waals surface area contributed by atoms with E-state index in [9.17, 15) is 8.42 Å². The highest BCUT2D eigenvalue weighted by atomic mass is 32.2. The zero-order valence-corrected chi connectivity index (χ0v) is 12.1. The van der Waals surface area contributed by atoms with Gasteiger partial charge in [-0.05, 0) is 18.6 Å². The number of sulfonamides is 1. The molecule has 0 aliphatic rings. The van der Waals surface area contributed by atoms with Crippen LogP contribution in [0, 0.1) is 11.3 Å². The smallest absolute Gasteiger partial charge is 0.212 e. The summed E-state index contributed by atoms with van der Waals surface area (Å²) in [6, 6.07) is 8.77. The van der Waals surface area contributed by atoms with E-state index in [4.69, 9.17) is 5.26 Å². The van der Waals surface area contributed by atoms with E-state index in [1.807, 2.05) is 6.07 Å². The van der Waals surface area contributed by atoms with Gasteiger partial charge >= 0.3 is 0 Å². The predicted octanol–water partition coefficient (Wildman–Crippen LogP) is 2.29. The minimum atomic E-state index is -3.43. The van der Waals surface area contributed by atoms with Crippen molar-refractivity contribution in [2.75, 3.05) is 13.1 Å². The Labute approximate surface area is 115 Å². The second kappa shape index (κ2) is 6.50. The maximum Gasteiger partial charge on any atom is 0.218 e. The Kier molecular flexibility index (Phi) is 5.28. The Balaban J connectivity index is 3.02. The zero-order chi connectivity index (χ0) is 14.5. The molecule has 0 saturated carbocycles. The van der Waals surface area contributed by atoms with E-state index in [-0.39, 0.29) is 5.75 Å². The average molecular weight is 278 g/mol. The van der Waals surface area contributed by atoms with Gasteiger partial charge in [0.2, 0.25) is 10.0 Å². The van der Waals surface area contributed by atoms with Gasteiger partial charge in [0.05, 0.1) is 17.4 Å². The first-order valence-electron chi connectivity index (χ1n) is 6.01. The van der Waals surface area contributed by atoms with E-state index in [2.05, 4.69) is 6.58 Å². The number of nitriles is 1. The number of hydrogen-bond acceptors (Lipinski definition) is 3. The fraction of sp³-hybridized carbons (Fsp3) is 0.357. The van der Waals surface area contributed by atoms with Crippen molar-refractivity contribution < 1.29 is 8.42 Å². The predicted molar refractivity (Wildman–Crippen MR) is 75.8 cm³/mol. The van der Waals surface area contributed by atoms with Gasteiger partial charge in [-0.1, -0.05) is 37.3 Å². The lowest BCUT2D eigenvalue weighted by molar-refractivity contribution is 0.452. The summed E-state index contributed by atoms with van der Waals surface area (Å²) in [5, 5.41) is 8.98. The minimum Gasteiger partial charge on any atom is -0.212 e. The van der Waals surface area contributed by atoms with Gasteiger partial charge in [-0.3, -0.25) is 0 Å². The number of benzene rings is 1. The molecule has 1 aromatic carbocycles. The molecule has 0 saturated heterocycles. The molecule has 102 valence electrons. The van der Waals surface area contributed by atoms with Crippen LogP contribution in [-0.2, 0) is 15.8 Å². The van der Waals surface area contributed by atoms with Crippen LogP contribution in [-0.4, -0.2) is 25.8 Å². The molecule has 5 heteroatoms. The van der Waals surface area contributed by atoms with Gasteiger partial charge < -0.3 is 0 Å². The third-order valence-corrected chi connectivity index (χ3v) is 4.52. The maximum absolute atomic E-state index is 12.3. The second-order valence-electron chi connectivity index (χ2n) is 4.41. The second-order valence-corrected chi connectivity index (χ2v) is 6.38. The lowest BCUT2D eigenvalue weighted by Crippen LogP contribution is -2.33. The minimum absolute atomic E-state index is 0.155. The van der Waals surface area contributed by atoms with Crippen molar-refractivity contribution in [3.8, 4) is 6.07 Å². The highest BCUT2D eigenvalue weighted by Crippen LogP contribution is 2.15. The molecule has 0 aliphatic carbocycles. The van der Waals surface area contributed by atoms with Gasteiger partial charge in [0.25, 0.3) is 0 Å². The normalized spacial score (nSPS) is 11.3. The van der Waals surface area contributed by atoms with E-state index in [0.717, 1.165) is 5.57 Å². The number of likely N-dealkylation sites (N-methyl/N-ethyl adjacent to an activating group) is 1. The van der Waals surface area contributed by atoms with Crippen molar-refractivity contribution in [2.24, 2.45) is 0 Å². The Hall–Kier alpha value is -1.64. The Morgan fingerprint density at radius 3 is 2.58 bits per heavy atom. The monoisotopic (exact) mass is 278 g/mol. The van der Waals surface area contributed by atoms with Crippen LogP contribution >= 0.6 is 0 Å². The molecule has 0 N–H and O–H groups in total. The number of hydrogen-bond donors (Lipinski definition) is 0. The summed E-state index contributed by atoms with van der Waals surface area (Å²) in [5.41, 5.74) is 1.72. The zero-order valence-electron chi connectivity index (χ0n) is 11.3. The van der Waals surface area contributed by atoms with E-state index in [1.54, 1.807) is 38.1 Å². The molecular formula is C14H18N2O2S. The highest BCUT2D eigenvalue weighted by molar-refractivity contribution is 7.88.